The van der Waals surface area contributed by atoms with Gasteiger partial charge in [0.25, 0.3) is 0 Å². The van der Waals surface area contributed by atoms with E-state index in [2.05, 4.69) is 26.6 Å². The molecule has 0 aliphatic carbocycles. The van der Waals surface area contributed by atoms with E-state index < -0.39 is 0 Å². The second-order valence-electron chi connectivity index (χ2n) is 3.69. The van der Waals surface area contributed by atoms with Crippen LogP contribution in [0.5, 0.6) is 0 Å². The highest BCUT2D eigenvalue weighted by molar-refractivity contribution is 9.10. The average molecular weight is 330 g/mol. The molecule has 1 amide bonds. The third-order valence-corrected chi connectivity index (χ3v) is 3.19. The number of benzene rings is 1. The molecule has 0 saturated carbocycles. The van der Waals surface area contributed by atoms with Gasteiger partial charge in [0.1, 0.15) is 4.99 Å². The van der Waals surface area contributed by atoms with Crippen LogP contribution in [0.4, 0.5) is 5.69 Å². The maximum atomic E-state index is 11.3. The molecule has 1 rings (SSSR count). The van der Waals surface area contributed by atoms with E-state index in [4.69, 9.17) is 18.0 Å². The maximum absolute atomic E-state index is 11.3. The fourth-order valence-electron chi connectivity index (χ4n) is 1.41. The maximum Gasteiger partial charge on any atom is 0.221 e. The summed E-state index contributed by atoms with van der Waals surface area (Å²) in [6.07, 6.45) is 0.442. The number of amides is 1. The van der Waals surface area contributed by atoms with E-state index in [0.29, 0.717) is 24.5 Å². The third-order valence-electron chi connectivity index (χ3n) is 2.30. The van der Waals surface area contributed by atoms with Gasteiger partial charge in [-0.05, 0) is 41.1 Å². The molecule has 1 aromatic rings. The van der Waals surface area contributed by atoms with Crippen LogP contribution in [0, 0.1) is 0 Å². The zero-order valence-electron chi connectivity index (χ0n) is 10.1. The monoisotopic (exact) mass is 329 g/mol. The first-order valence-electron chi connectivity index (χ1n) is 5.64. The zero-order valence-corrected chi connectivity index (χ0v) is 12.5. The van der Waals surface area contributed by atoms with Crippen LogP contribution in [0.2, 0.25) is 0 Å². The molecule has 0 spiro atoms. The Balaban J connectivity index is 2.53. The smallest absolute Gasteiger partial charge is 0.221 e. The van der Waals surface area contributed by atoms with Crippen molar-refractivity contribution in [1.29, 1.82) is 0 Å². The summed E-state index contributed by atoms with van der Waals surface area (Å²) in [4.78, 5) is 11.6. The van der Waals surface area contributed by atoms with Crippen molar-refractivity contribution in [1.82, 2.24) is 5.32 Å². The van der Waals surface area contributed by atoms with Crippen molar-refractivity contribution in [3.63, 3.8) is 0 Å². The van der Waals surface area contributed by atoms with Gasteiger partial charge in [-0.3, -0.25) is 4.79 Å². The summed E-state index contributed by atoms with van der Waals surface area (Å²) in [7, 11) is 0. The molecule has 0 unspecified atom stereocenters. The highest BCUT2D eigenvalue weighted by Gasteiger charge is 2.04. The van der Waals surface area contributed by atoms with E-state index in [0.717, 1.165) is 15.7 Å². The molecule has 0 bridgehead atoms. The number of thiocarbonyl (C=S) groups is 1. The Morgan fingerprint density at radius 1 is 1.50 bits per heavy atom. The van der Waals surface area contributed by atoms with E-state index in [1.54, 1.807) is 0 Å². The largest absolute Gasteiger partial charge is 0.389 e. The van der Waals surface area contributed by atoms with Gasteiger partial charge < -0.3 is 16.4 Å². The lowest BCUT2D eigenvalue weighted by molar-refractivity contribution is -0.120. The van der Waals surface area contributed by atoms with Crippen molar-refractivity contribution in [3.05, 3.63) is 28.2 Å². The Labute approximate surface area is 120 Å². The molecule has 1 aromatic carbocycles. The zero-order chi connectivity index (χ0) is 13.5. The molecule has 4 N–H and O–H groups in total. The van der Waals surface area contributed by atoms with Crippen LogP contribution in [0.25, 0.3) is 0 Å². The van der Waals surface area contributed by atoms with Crippen molar-refractivity contribution in [2.24, 2.45) is 5.73 Å². The lowest BCUT2D eigenvalue weighted by Crippen LogP contribution is -2.24. The third kappa shape index (κ3) is 4.62. The summed E-state index contributed by atoms with van der Waals surface area (Å²) in [5.41, 5.74) is 7.27. The molecular weight excluding hydrogens is 314 g/mol. The molecule has 4 nitrogen and oxygen atoms in total. The quantitative estimate of drug-likeness (QED) is 0.698. The number of nitrogens with one attached hydrogen (secondary N) is 2. The molecule has 0 aliphatic rings. The predicted molar refractivity (Wildman–Crippen MR) is 81.8 cm³/mol. The van der Waals surface area contributed by atoms with Gasteiger partial charge in [-0.15, -0.1) is 0 Å². The predicted octanol–water partition coefficient (Wildman–Crippen LogP) is 2.02. The van der Waals surface area contributed by atoms with E-state index in [-0.39, 0.29) is 5.91 Å². The van der Waals surface area contributed by atoms with E-state index in [1.807, 2.05) is 25.1 Å². The Kier molecular flexibility index (Phi) is 6.07. The lowest BCUT2D eigenvalue weighted by atomic mass is 10.2. The number of halogens is 1. The summed E-state index contributed by atoms with van der Waals surface area (Å²) in [6.45, 7) is 3.14. The molecule has 0 atom stereocenters. The minimum atomic E-state index is 0.0425. The van der Waals surface area contributed by atoms with Crippen LogP contribution in [-0.2, 0) is 4.79 Å². The van der Waals surface area contributed by atoms with Crippen molar-refractivity contribution in [3.8, 4) is 0 Å². The van der Waals surface area contributed by atoms with Gasteiger partial charge in [0.05, 0.1) is 0 Å². The summed E-state index contributed by atoms with van der Waals surface area (Å²) in [5.74, 6) is 0.0425. The van der Waals surface area contributed by atoms with Gasteiger partial charge in [-0.2, -0.15) is 0 Å². The minimum Gasteiger partial charge on any atom is -0.389 e. The van der Waals surface area contributed by atoms with Crippen LogP contribution in [0.3, 0.4) is 0 Å². The first kappa shape index (κ1) is 14.9. The molecule has 6 heteroatoms. The lowest BCUT2D eigenvalue weighted by Gasteiger charge is -2.09. The van der Waals surface area contributed by atoms with Crippen LogP contribution in [0.1, 0.15) is 18.9 Å². The molecule has 0 aliphatic heterocycles. The second-order valence-corrected chi connectivity index (χ2v) is 4.98. The van der Waals surface area contributed by atoms with Crippen molar-refractivity contribution >= 4 is 44.7 Å². The number of hydrogen-bond donors (Lipinski definition) is 3. The van der Waals surface area contributed by atoms with Crippen molar-refractivity contribution < 1.29 is 4.79 Å². The first-order chi connectivity index (χ1) is 8.54. The van der Waals surface area contributed by atoms with Gasteiger partial charge in [-0.25, -0.2) is 0 Å². The van der Waals surface area contributed by atoms with Crippen LogP contribution in [-0.4, -0.2) is 24.0 Å². The molecule has 18 heavy (non-hydrogen) atoms. The summed E-state index contributed by atoms with van der Waals surface area (Å²) in [5, 5.41) is 5.92. The van der Waals surface area contributed by atoms with Crippen LogP contribution < -0.4 is 16.4 Å². The highest BCUT2D eigenvalue weighted by Crippen LogP contribution is 2.23. The van der Waals surface area contributed by atoms with Gasteiger partial charge in [0.2, 0.25) is 5.91 Å². The Hall–Kier alpha value is -1.14. The normalized spacial score (nSPS) is 9.89. The fourth-order valence-corrected chi connectivity index (χ4v) is 2.05. The Morgan fingerprint density at radius 3 is 2.78 bits per heavy atom. The molecule has 0 aromatic heterocycles. The SMILES string of the molecule is CCNC(=O)CCNc1ccc(C(N)=S)cc1Br. The fraction of sp³-hybridized carbons (Fsp3) is 0.333. The molecule has 98 valence electrons. The standard InChI is InChI=1S/C12H16BrN3OS/c1-2-15-11(17)5-6-16-10-4-3-8(12(14)18)7-9(10)13/h3-4,7,16H,2,5-6H2,1H3,(H2,14,18)(H,15,17). The number of carbonyl (C=O) groups is 1. The van der Waals surface area contributed by atoms with Gasteiger partial charge in [0.15, 0.2) is 0 Å². The number of hydrogen-bond acceptors (Lipinski definition) is 3. The average Bonchev–Trinajstić information content (AvgIpc) is 2.31. The number of rotatable bonds is 6. The Morgan fingerprint density at radius 2 is 2.22 bits per heavy atom. The van der Waals surface area contributed by atoms with Crippen molar-refractivity contribution in [2.45, 2.75) is 13.3 Å². The number of nitrogens with two attached hydrogens (primary N) is 1. The van der Waals surface area contributed by atoms with E-state index in [1.165, 1.54) is 0 Å². The molecular formula is C12H16BrN3OS. The topological polar surface area (TPSA) is 67.2 Å². The van der Waals surface area contributed by atoms with Crippen molar-refractivity contribution in [2.75, 3.05) is 18.4 Å². The number of carbonyl (C=O) groups excluding carboxylic acids is 1. The summed E-state index contributed by atoms with van der Waals surface area (Å²) < 4.78 is 0.878. The molecule has 0 saturated heterocycles. The van der Waals surface area contributed by atoms with E-state index >= 15 is 0 Å². The van der Waals surface area contributed by atoms with Gasteiger partial charge >= 0.3 is 0 Å². The van der Waals surface area contributed by atoms with Gasteiger partial charge in [-0.1, -0.05) is 12.2 Å². The Bertz CT molecular complexity index is 451. The van der Waals surface area contributed by atoms with Gasteiger partial charge in [0, 0.05) is 35.2 Å². The first-order valence-corrected chi connectivity index (χ1v) is 6.84. The molecule has 0 fully saturated rings. The summed E-state index contributed by atoms with van der Waals surface area (Å²) in [6, 6.07) is 5.59. The van der Waals surface area contributed by atoms with Crippen LogP contribution >= 0.6 is 28.1 Å². The second kappa shape index (κ2) is 7.33. The molecule has 0 heterocycles. The minimum absolute atomic E-state index is 0.0425. The molecule has 0 radical (unpaired) electrons. The van der Waals surface area contributed by atoms with E-state index in [9.17, 15) is 4.79 Å². The number of anilines is 1. The summed E-state index contributed by atoms with van der Waals surface area (Å²) >= 11 is 8.33. The highest BCUT2D eigenvalue weighted by atomic mass is 79.9. The van der Waals surface area contributed by atoms with Crippen LogP contribution in [0.15, 0.2) is 22.7 Å².